The van der Waals surface area contributed by atoms with Gasteiger partial charge >= 0.3 is 17.9 Å². The van der Waals surface area contributed by atoms with E-state index in [9.17, 15) is 19.2 Å². The van der Waals surface area contributed by atoms with E-state index in [-0.39, 0.29) is 19.7 Å². The van der Waals surface area contributed by atoms with Gasteiger partial charge < -0.3 is 35.7 Å². The standard InChI is InChI=1S/C3H4O4.C3H8O3.C3H4O3.CH2O2/c4-2(5)1-3(6)7;4-1-3(6)2-5;1-2(4)3(5)6;2-1-3/h1H2,(H,4,5)(H,6,7);3-6H,1-2H2;1H3,(H,5,6);1H,(H,2,3). The van der Waals surface area contributed by atoms with Crippen molar-refractivity contribution in [3.05, 3.63) is 0 Å². The molecule has 0 saturated carbocycles. The maximum Gasteiger partial charge on any atom is 0.371 e. The zero-order valence-corrected chi connectivity index (χ0v) is 11.4. The van der Waals surface area contributed by atoms with E-state index in [1.807, 2.05) is 0 Å². The second-order valence-corrected chi connectivity index (χ2v) is 2.95. The number of carboxylic acids is 3. The van der Waals surface area contributed by atoms with Gasteiger partial charge in [-0.05, 0) is 0 Å². The van der Waals surface area contributed by atoms with Crippen LogP contribution in [0.5, 0.6) is 0 Å². The van der Waals surface area contributed by atoms with E-state index in [1.54, 1.807) is 0 Å². The summed E-state index contributed by atoms with van der Waals surface area (Å²) in [6.45, 7) is 0.0231. The molecule has 0 aliphatic heterocycles. The van der Waals surface area contributed by atoms with E-state index in [0.717, 1.165) is 6.92 Å². The highest BCUT2D eigenvalue weighted by Gasteiger charge is 2.01. The molecule has 0 aliphatic carbocycles. The van der Waals surface area contributed by atoms with Crippen molar-refractivity contribution in [3.63, 3.8) is 0 Å². The molecular weight excluding hydrogens is 312 g/mol. The van der Waals surface area contributed by atoms with E-state index in [0.29, 0.717) is 0 Å². The summed E-state index contributed by atoms with van der Waals surface area (Å²) in [5.41, 5.74) is 0. The van der Waals surface area contributed by atoms with Crippen LogP contribution in [-0.4, -0.2) is 85.2 Å². The molecule has 0 radical (unpaired) electrons. The smallest absolute Gasteiger partial charge is 0.371 e. The second kappa shape index (κ2) is 20.7. The van der Waals surface area contributed by atoms with E-state index in [2.05, 4.69) is 0 Å². The van der Waals surface area contributed by atoms with Crippen LogP contribution in [0.25, 0.3) is 0 Å². The molecule has 0 rings (SSSR count). The Morgan fingerprint density at radius 3 is 1.18 bits per heavy atom. The number of rotatable bonds is 5. The molecule has 0 saturated heterocycles. The lowest BCUT2D eigenvalue weighted by molar-refractivity contribution is -0.148. The molecule has 0 amide bonds. The summed E-state index contributed by atoms with van der Waals surface area (Å²) in [5, 5.41) is 54.0. The van der Waals surface area contributed by atoms with Crippen LogP contribution in [0.2, 0.25) is 0 Å². The fourth-order valence-corrected chi connectivity index (χ4v) is 0.187. The lowest BCUT2D eigenvalue weighted by Crippen LogP contribution is -2.15. The van der Waals surface area contributed by atoms with Gasteiger partial charge in [0.25, 0.3) is 6.47 Å². The van der Waals surface area contributed by atoms with E-state index in [4.69, 9.17) is 40.5 Å². The molecule has 7 N–H and O–H groups in total. The van der Waals surface area contributed by atoms with Crippen molar-refractivity contribution in [2.24, 2.45) is 0 Å². The van der Waals surface area contributed by atoms with Crippen LogP contribution in [0, 0.1) is 0 Å². The SMILES string of the molecule is CC(=O)C(=O)O.O=C(O)CC(=O)O.O=CO.OCC(O)CO. The lowest BCUT2D eigenvalue weighted by Gasteiger charge is -1.96. The number of Topliss-reactive ketones (excluding diaryl/α,β-unsaturated/α-hetero) is 1. The summed E-state index contributed by atoms with van der Waals surface area (Å²) in [5.74, 6) is -4.83. The summed E-state index contributed by atoms with van der Waals surface area (Å²) in [7, 11) is 0. The number of carbonyl (C=O) groups excluding carboxylic acids is 1. The average Bonchev–Trinajstić information content (AvgIpc) is 2.38. The molecule has 0 aromatic carbocycles. The highest BCUT2D eigenvalue weighted by atomic mass is 16.4. The molecule has 0 bridgehead atoms. The Hall–Kier alpha value is -2.57. The third-order valence-electron chi connectivity index (χ3n) is 1.03. The molecule has 0 aromatic heterocycles. The lowest BCUT2D eigenvalue weighted by atomic mass is 10.4. The van der Waals surface area contributed by atoms with Crippen molar-refractivity contribution in [2.45, 2.75) is 19.4 Å². The maximum absolute atomic E-state index is 9.54. The molecule has 130 valence electrons. The summed E-state index contributed by atoms with van der Waals surface area (Å²) < 4.78 is 0. The van der Waals surface area contributed by atoms with Crippen LogP contribution in [0.1, 0.15) is 13.3 Å². The van der Waals surface area contributed by atoms with Crippen molar-refractivity contribution in [1.82, 2.24) is 0 Å². The van der Waals surface area contributed by atoms with Crippen molar-refractivity contribution in [1.29, 1.82) is 0 Å². The van der Waals surface area contributed by atoms with Crippen molar-refractivity contribution in [3.8, 4) is 0 Å². The van der Waals surface area contributed by atoms with E-state index in [1.165, 1.54) is 0 Å². The fourth-order valence-electron chi connectivity index (χ4n) is 0.187. The van der Waals surface area contributed by atoms with Crippen LogP contribution in [0.15, 0.2) is 0 Å². The minimum atomic E-state index is -1.38. The molecule has 22 heavy (non-hydrogen) atoms. The Kier molecular flexibility index (Phi) is 26.1. The molecule has 12 heteroatoms. The first-order chi connectivity index (χ1) is 9.99. The minimum Gasteiger partial charge on any atom is -0.483 e. The van der Waals surface area contributed by atoms with Crippen LogP contribution in [0.4, 0.5) is 0 Å². The highest BCUT2D eigenvalue weighted by molar-refractivity contribution is 6.31. The first-order valence-corrected chi connectivity index (χ1v) is 5.15. The second-order valence-electron chi connectivity index (χ2n) is 2.95. The molecule has 0 atom stereocenters. The van der Waals surface area contributed by atoms with Crippen LogP contribution < -0.4 is 0 Å². The number of carbonyl (C=O) groups is 5. The molecule has 12 nitrogen and oxygen atoms in total. The van der Waals surface area contributed by atoms with E-state index >= 15 is 0 Å². The van der Waals surface area contributed by atoms with Gasteiger partial charge in [-0.25, -0.2) is 4.79 Å². The van der Waals surface area contributed by atoms with Crippen LogP contribution in [-0.2, 0) is 24.0 Å². The predicted molar refractivity (Wildman–Crippen MR) is 67.1 cm³/mol. The number of aliphatic hydroxyl groups is 3. The average molecular weight is 330 g/mol. The van der Waals surface area contributed by atoms with Crippen molar-refractivity contribution >= 4 is 30.2 Å². The first kappa shape index (κ1) is 27.7. The Bertz CT molecular complexity index is 309. The largest absolute Gasteiger partial charge is 0.483 e. The third-order valence-corrected chi connectivity index (χ3v) is 1.03. The van der Waals surface area contributed by atoms with Crippen LogP contribution in [0.3, 0.4) is 0 Å². The van der Waals surface area contributed by atoms with E-state index < -0.39 is 36.2 Å². The zero-order valence-electron chi connectivity index (χ0n) is 11.4. The molecule has 0 aliphatic rings. The Morgan fingerprint density at radius 1 is 0.955 bits per heavy atom. The summed E-state index contributed by atoms with van der Waals surface area (Å²) in [4.78, 5) is 46.1. The monoisotopic (exact) mass is 330 g/mol. The molecular formula is C10H18O12. The Morgan fingerprint density at radius 2 is 1.18 bits per heavy atom. The van der Waals surface area contributed by atoms with Gasteiger partial charge in [-0.15, -0.1) is 0 Å². The summed E-state index contributed by atoms with van der Waals surface area (Å²) >= 11 is 0. The number of hydrogen-bond donors (Lipinski definition) is 7. The topological polar surface area (TPSA) is 227 Å². The molecule has 0 aromatic rings. The quantitative estimate of drug-likeness (QED) is 0.154. The van der Waals surface area contributed by atoms with Gasteiger partial charge in [-0.2, -0.15) is 0 Å². The van der Waals surface area contributed by atoms with Gasteiger partial charge in [0.1, 0.15) is 12.5 Å². The number of aliphatic carboxylic acids is 3. The predicted octanol–water partition coefficient (Wildman–Crippen LogP) is -2.76. The fraction of sp³-hybridized carbons (Fsp3) is 0.500. The molecule has 0 spiro atoms. The number of ketones is 1. The molecule has 0 unspecified atom stereocenters. The van der Waals surface area contributed by atoms with Gasteiger partial charge in [-0.3, -0.25) is 19.2 Å². The number of aliphatic hydroxyl groups excluding tert-OH is 3. The summed E-state index contributed by atoms with van der Waals surface area (Å²) in [6.07, 6.45) is -1.76. The van der Waals surface area contributed by atoms with Crippen molar-refractivity contribution in [2.75, 3.05) is 13.2 Å². The van der Waals surface area contributed by atoms with Gasteiger partial charge in [0, 0.05) is 6.92 Å². The van der Waals surface area contributed by atoms with Gasteiger partial charge in [0.05, 0.1) is 13.2 Å². The maximum atomic E-state index is 9.54. The van der Waals surface area contributed by atoms with Gasteiger partial charge in [0.15, 0.2) is 0 Å². The summed E-state index contributed by atoms with van der Waals surface area (Å²) in [6, 6.07) is 0. The molecule has 0 fully saturated rings. The van der Waals surface area contributed by atoms with Crippen LogP contribution >= 0.6 is 0 Å². The molecule has 0 heterocycles. The van der Waals surface area contributed by atoms with Gasteiger partial charge in [-0.1, -0.05) is 0 Å². The third kappa shape index (κ3) is 52.9. The van der Waals surface area contributed by atoms with Crippen molar-refractivity contribution < 1.29 is 59.7 Å². The number of carboxylic acid groups (broad SMARTS) is 4. The Labute approximate surface area is 123 Å². The normalized spacial score (nSPS) is 7.86. The highest BCUT2D eigenvalue weighted by Crippen LogP contribution is 1.74. The Balaban J connectivity index is -0.000000102. The number of hydrogen-bond acceptors (Lipinski definition) is 8. The zero-order chi connectivity index (χ0) is 18.7. The van der Waals surface area contributed by atoms with Gasteiger partial charge in [0.2, 0.25) is 5.78 Å². The minimum absolute atomic E-state index is 0.250. The first-order valence-electron chi connectivity index (χ1n) is 5.15.